The van der Waals surface area contributed by atoms with E-state index in [0.29, 0.717) is 13.2 Å². The van der Waals surface area contributed by atoms with Crippen LogP contribution in [0.15, 0.2) is 0 Å². The molecule has 0 saturated carbocycles. The first kappa shape index (κ1) is 40.7. The number of unbranched alkanes of at least 4 members (excludes halogenated alkanes) is 12. The minimum Gasteiger partial charge on any atom is -0.367 e. The minimum atomic E-state index is 0.521. The molecule has 41 heavy (non-hydrogen) atoms. The summed E-state index contributed by atoms with van der Waals surface area (Å²) in [4.78, 5) is 6.92. The van der Waals surface area contributed by atoms with Gasteiger partial charge in [0.25, 0.3) is 0 Å². The lowest BCUT2D eigenvalue weighted by molar-refractivity contribution is 0.188. The molecule has 0 N–H and O–H groups in total. The molecular formula is C36H72N2OS2. The molecule has 0 aromatic heterocycles. The third kappa shape index (κ3) is 22.9. The molecule has 0 amide bonds. The van der Waals surface area contributed by atoms with Gasteiger partial charge in [-0.2, -0.15) is 0 Å². The van der Waals surface area contributed by atoms with E-state index in [1.165, 1.54) is 128 Å². The second-order valence-corrected chi connectivity index (χ2v) is 13.5. The second kappa shape index (κ2) is 29.8. The van der Waals surface area contributed by atoms with Crippen LogP contribution in [0.2, 0.25) is 0 Å². The molecule has 0 aliphatic rings. The Labute approximate surface area is 269 Å². The van der Waals surface area contributed by atoms with Crippen molar-refractivity contribution >= 4 is 34.4 Å². The lowest BCUT2D eigenvalue weighted by atomic mass is 9.98. The van der Waals surface area contributed by atoms with Crippen molar-refractivity contribution in [1.82, 2.24) is 9.80 Å². The molecule has 0 bridgehead atoms. The normalized spacial score (nSPS) is 12.8. The number of hydrogen-bond donors (Lipinski definition) is 0. The summed E-state index contributed by atoms with van der Waals surface area (Å²) in [6, 6.07) is 0. The maximum Gasteiger partial charge on any atom is 0.104 e. The number of thiocarbonyl (C=S) groups is 2. The molecule has 0 aromatic rings. The summed E-state index contributed by atoms with van der Waals surface area (Å²) in [6.07, 6.45) is 26.0. The Bertz CT molecular complexity index is 550. The average Bonchev–Trinajstić information content (AvgIpc) is 2.98. The average molecular weight is 613 g/mol. The van der Waals surface area contributed by atoms with Crippen LogP contribution in [0, 0.1) is 11.8 Å². The molecule has 0 radical (unpaired) electrons. The quantitative estimate of drug-likeness (QED) is 0.0590. The van der Waals surface area contributed by atoms with Crippen molar-refractivity contribution in [1.29, 1.82) is 0 Å². The zero-order valence-electron chi connectivity index (χ0n) is 28.7. The second-order valence-electron chi connectivity index (χ2n) is 12.5. The Kier molecular flexibility index (Phi) is 29.6. The maximum absolute atomic E-state index is 6.26. The van der Waals surface area contributed by atoms with Crippen molar-refractivity contribution in [2.24, 2.45) is 11.8 Å². The molecular weight excluding hydrogens is 541 g/mol. The van der Waals surface area contributed by atoms with Crippen molar-refractivity contribution in [3.8, 4) is 0 Å². The van der Waals surface area contributed by atoms with Crippen LogP contribution in [0.25, 0.3) is 0 Å². The molecule has 0 fully saturated rings. The van der Waals surface area contributed by atoms with Crippen LogP contribution in [0.3, 0.4) is 0 Å². The topological polar surface area (TPSA) is 15.7 Å². The van der Waals surface area contributed by atoms with Gasteiger partial charge in [0.05, 0.1) is 13.2 Å². The van der Waals surface area contributed by atoms with Gasteiger partial charge in [0.15, 0.2) is 0 Å². The Morgan fingerprint density at radius 2 is 0.829 bits per heavy atom. The Balaban J connectivity index is 5.02. The number of ether oxygens (including phenoxy) is 1. The Morgan fingerprint density at radius 1 is 0.488 bits per heavy atom. The van der Waals surface area contributed by atoms with E-state index in [2.05, 4.69) is 51.3 Å². The van der Waals surface area contributed by atoms with Gasteiger partial charge in [0.1, 0.15) is 9.98 Å². The molecule has 0 spiro atoms. The van der Waals surface area contributed by atoms with Crippen molar-refractivity contribution in [2.75, 3.05) is 39.4 Å². The zero-order chi connectivity index (χ0) is 30.6. The number of hydrogen-bond acceptors (Lipinski definition) is 3. The summed E-state index contributed by atoms with van der Waals surface area (Å²) in [6.45, 7) is 19.2. The highest BCUT2D eigenvalue weighted by Crippen LogP contribution is 2.18. The fourth-order valence-corrected chi connectivity index (χ4v) is 6.17. The molecule has 2 unspecified atom stereocenters. The Morgan fingerprint density at radius 3 is 1.17 bits per heavy atom. The van der Waals surface area contributed by atoms with Gasteiger partial charge in [-0.3, -0.25) is 0 Å². The van der Waals surface area contributed by atoms with E-state index >= 15 is 0 Å². The lowest BCUT2D eigenvalue weighted by Crippen LogP contribution is -2.40. The van der Waals surface area contributed by atoms with Gasteiger partial charge < -0.3 is 14.5 Å². The summed E-state index contributed by atoms with van der Waals surface area (Å²) in [5, 5.41) is 0. The van der Waals surface area contributed by atoms with E-state index in [1.54, 1.807) is 0 Å². The van der Waals surface area contributed by atoms with Crippen LogP contribution in [0.5, 0.6) is 0 Å². The van der Waals surface area contributed by atoms with Gasteiger partial charge >= 0.3 is 0 Å². The van der Waals surface area contributed by atoms with Crippen LogP contribution in [0.1, 0.15) is 170 Å². The van der Waals surface area contributed by atoms with Crippen LogP contribution in [-0.2, 0) is 4.74 Å². The standard InChI is InChI=1S/C36H72N2OS2/c1-7-13-17-19-21-23-27-37(29-33(11-5)25-15-9-3)35(40)31-39-32-36(41)38(28-24-22-20-18-14-8-2)30-34(12-6)26-16-10-4/h33-34H,7-32H2,1-6H3. The monoisotopic (exact) mass is 613 g/mol. The first-order valence-corrected chi connectivity index (χ1v) is 18.9. The van der Waals surface area contributed by atoms with E-state index < -0.39 is 0 Å². The molecule has 0 aliphatic carbocycles. The predicted octanol–water partition coefficient (Wildman–Crippen LogP) is 11.4. The van der Waals surface area contributed by atoms with Crippen LogP contribution < -0.4 is 0 Å². The van der Waals surface area contributed by atoms with E-state index in [4.69, 9.17) is 29.2 Å². The van der Waals surface area contributed by atoms with Crippen molar-refractivity contribution < 1.29 is 4.74 Å². The smallest absolute Gasteiger partial charge is 0.104 e. The van der Waals surface area contributed by atoms with E-state index in [9.17, 15) is 0 Å². The van der Waals surface area contributed by atoms with Crippen LogP contribution in [0.4, 0.5) is 0 Å². The first-order chi connectivity index (χ1) is 20.0. The van der Waals surface area contributed by atoms with Crippen molar-refractivity contribution in [2.45, 2.75) is 170 Å². The highest BCUT2D eigenvalue weighted by molar-refractivity contribution is 7.80. The highest BCUT2D eigenvalue weighted by atomic mass is 32.1. The fourth-order valence-electron chi connectivity index (χ4n) is 5.67. The van der Waals surface area contributed by atoms with Gasteiger partial charge in [-0.25, -0.2) is 0 Å². The molecule has 244 valence electrons. The molecule has 0 rings (SSSR count). The molecule has 2 atom stereocenters. The summed E-state index contributed by atoms with van der Waals surface area (Å²) in [5.74, 6) is 1.44. The van der Waals surface area contributed by atoms with Crippen LogP contribution >= 0.6 is 24.4 Å². The van der Waals surface area contributed by atoms with Gasteiger partial charge in [-0.15, -0.1) is 0 Å². The van der Waals surface area contributed by atoms with E-state index in [1.807, 2.05) is 0 Å². The highest BCUT2D eigenvalue weighted by Gasteiger charge is 2.18. The Hall–Kier alpha value is -0.260. The van der Waals surface area contributed by atoms with E-state index in [-0.39, 0.29) is 0 Å². The first-order valence-electron chi connectivity index (χ1n) is 18.1. The number of nitrogens with zero attached hydrogens (tertiary/aromatic N) is 2. The summed E-state index contributed by atoms with van der Waals surface area (Å²) < 4.78 is 6.26. The van der Waals surface area contributed by atoms with E-state index in [0.717, 1.165) is 48.0 Å². The van der Waals surface area contributed by atoms with Crippen molar-refractivity contribution in [3.05, 3.63) is 0 Å². The lowest BCUT2D eigenvalue weighted by Gasteiger charge is -2.31. The molecule has 3 nitrogen and oxygen atoms in total. The van der Waals surface area contributed by atoms with Crippen molar-refractivity contribution in [3.63, 3.8) is 0 Å². The molecule has 0 saturated heterocycles. The number of rotatable bonds is 30. The largest absolute Gasteiger partial charge is 0.367 e. The zero-order valence-corrected chi connectivity index (χ0v) is 30.3. The molecule has 0 aliphatic heterocycles. The summed E-state index contributed by atoms with van der Waals surface area (Å²) in [5.41, 5.74) is 0. The van der Waals surface area contributed by atoms with Gasteiger partial charge in [0.2, 0.25) is 0 Å². The SMILES string of the molecule is CCCCCCCCN(CC(CC)CCCC)C(=S)COCC(=S)N(CCCCCCCC)CC(CC)CCCC. The third-order valence-electron chi connectivity index (χ3n) is 8.76. The van der Waals surface area contributed by atoms with Crippen LogP contribution in [-0.4, -0.2) is 59.2 Å². The van der Waals surface area contributed by atoms with Gasteiger partial charge in [0, 0.05) is 26.2 Å². The molecule has 0 aromatic carbocycles. The minimum absolute atomic E-state index is 0.521. The third-order valence-corrected chi connectivity index (χ3v) is 9.52. The maximum atomic E-state index is 6.26. The fraction of sp³-hybridized carbons (Fsp3) is 0.944. The molecule has 0 heterocycles. The van der Waals surface area contributed by atoms with Gasteiger partial charge in [-0.05, 0) is 37.5 Å². The summed E-state index contributed by atoms with van der Waals surface area (Å²) in [7, 11) is 0. The van der Waals surface area contributed by atoms with Gasteiger partial charge in [-0.1, -0.05) is 169 Å². The predicted molar refractivity (Wildman–Crippen MR) is 193 cm³/mol. The molecule has 5 heteroatoms. The summed E-state index contributed by atoms with van der Waals surface area (Å²) >= 11 is 12.0.